The van der Waals surface area contributed by atoms with Gasteiger partial charge in [0.25, 0.3) is 10.0 Å². The summed E-state index contributed by atoms with van der Waals surface area (Å²) in [6.45, 7) is -0.644. The Bertz CT molecular complexity index is 1300. The van der Waals surface area contributed by atoms with Gasteiger partial charge in [-0.1, -0.05) is 17.4 Å². The Kier molecular flexibility index (Phi) is 7.77. The quantitative estimate of drug-likeness (QED) is 0.219. The molecule has 13 heteroatoms. The van der Waals surface area contributed by atoms with Crippen molar-refractivity contribution in [1.82, 2.24) is 9.88 Å². The van der Waals surface area contributed by atoms with E-state index in [9.17, 15) is 17.2 Å². The highest BCUT2D eigenvalue weighted by Crippen LogP contribution is 2.40. The molecule has 176 valence electrons. The first kappa shape index (κ1) is 25.1. The van der Waals surface area contributed by atoms with Crippen LogP contribution in [0, 0.1) is 17.5 Å². The van der Waals surface area contributed by atoms with Crippen LogP contribution in [0.4, 0.5) is 24.0 Å². The number of hydrogen-bond donors (Lipinski definition) is 0. The maximum Gasteiger partial charge on any atom is 0.269 e. The van der Waals surface area contributed by atoms with Gasteiger partial charge in [-0.25, -0.2) is 35.9 Å². The number of rotatable bonds is 8. The highest BCUT2D eigenvalue weighted by atomic mass is 79.9. The Balaban J connectivity index is 2.13. The van der Waals surface area contributed by atoms with Crippen LogP contribution in [0.2, 0.25) is 0 Å². The fourth-order valence-electron chi connectivity index (χ4n) is 2.75. The number of benzene rings is 2. The average molecular weight is 563 g/mol. The van der Waals surface area contributed by atoms with E-state index in [1.807, 2.05) is 0 Å². The van der Waals surface area contributed by atoms with Crippen molar-refractivity contribution in [1.29, 1.82) is 0 Å². The van der Waals surface area contributed by atoms with Gasteiger partial charge in [0.1, 0.15) is 29.0 Å². The van der Waals surface area contributed by atoms with Crippen molar-refractivity contribution in [2.45, 2.75) is 4.90 Å². The average Bonchev–Trinajstić information content (AvgIpc) is 3.13. The van der Waals surface area contributed by atoms with Gasteiger partial charge in [0.05, 0.1) is 15.8 Å². The maximum atomic E-state index is 15.6. The number of ether oxygens (including phenoxy) is 1. The zero-order valence-corrected chi connectivity index (χ0v) is 20.8. The summed E-state index contributed by atoms with van der Waals surface area (Å²) in [7, 11) is 0.0340. The van der Waals surface area contributed by atoms with Crippen molar-refractivity contribution < 1.29 is 26.3 Å². The van der Waals surface area contributed by atoms with E-state index in [2.05, 4.69) is 25.9 Å². The number of hydrogen-bond acceptors (Lipinski definition) is 6. The van der Waals surface area contributed by atoms with Gasteiger partial charge in [-0.15, -0.1) is 0 Å². The van der Waals surface area contributed by atoms with Gasteiger partial charge in [-0.05, 0) is 46.3 Å². The Morgan fingerprint density at radius 1 is 1.21 bits per heavy atom. The topological polar surface area (TPSA) is 75.1 Å². The molecule has 0 N–H and O–H groups in total. The molecule has 0 aliphatic carbocycles. The molecule has 0 saturated heterocycles. The molecule has 0 unspecified atom stereocenters. The Labute approximate surface area is 201 Å². The van der Waals surface area contributed by atoms with E-state index in [1.54, 1.807) is 19.0 Å². The molecular formula is C20H18BrF3N4O3S2. The van der Waals surface area contributed by atoms with Crippen LogP contribution in [0.25, 0.3) is 11.3 Å². The monoisotopic (exact) mass is 562 g/mol. The van der Waals surface area contributed by atoms with E-state index in [-0.39, 0.29) is 11.3 Å². The summed E-state index contributed by atoms with van der Waals surface area (Å²) in [6.07, 6.45) is 1.53. The van der Waals surface area contributed by atoms with Crippen LogP contribution in [0.15, 0.2) is 50.1 Å². The van der Waals surface area contributed by atoms with Crippen molar-refractivity contribution in [3.63, 3.8) is 0 Å². The number of nitrogens with zero attached hydrogens (tertiary/aromatic N) is 4. The van der Waals surface area contributed by atoms with Gasteiger partial charge in [0.2, 0.25) is 5.13 Å². The van der Waals surface area contributed by atoms with Gasteiger partial charge in [-0.3, -0.25) is 0 Å². The molecule has 2 aromatic carbocycles. The van der Waals surface area contributed by atoms with E-state index in [1.165, 1.54) is 31.6 Å². The minimum absolute atomic E-state index is 0.0158. The van der Waals surface area contributed by atoms with Crippen molar-refractivity contribution >= 4 is 54.4 Å². The molecule has 0 aliphatic rings. The third kappa shape index (κ3) is 5.37. The van der Waals surface area contributed by atoms with Crippen molar-refractivity contribution in [3.8, 4) is 11.3 Å². The largest absolute Gasteiger partial charge is 0.369 e. The smallest absolute Gasteiger partial charge is 0.269 e. The van der Waals surface area contributed by atoms with E-state index < -0.39 is 44.8 Å². The molecule has 33 heavy (non-hydrogen) atoms. The number of halogens is 4. The molecule has 0 atom stereocenters. The molecule has 3 aromatic rings. The van der Waals surface area contributed by atoms with Crippen LogP contribution >= 0.6 is 27.3 Å². The molecule has 0 amide bonds. The van der Waals surface area contributed by atoms with Crippen LogP contribution in [0.5, 0.6) is 0 Å². The first-order valence-electron chi connectivity index (χ1n) is 9.18. The zero-order chi connectivity index (χ0) is 24.3. The fourth-order valence-corrected chi connectivity index (χ4v) is 5.60. The lowest BCUT2D eigenvalue weighted by Gasteiger charge is -2.24. The number of aromatic nitrogens is 1. The van der Waals surface area contributed by atoms with Crippen molar-refractivity contribution in [2.24, 2.45) is 4.99 Å². The maximum absolute atomic E-state index is 15.6. The molecule has 3 rings (SSSR count). The van der Waals surface area contributed by atoms with Crippen LogP contribution < -0.4 is 4.31 Å². The molecule has 0 spiro atoms. The van der Waals surface area contributed by atoms with E-state index in [0.29, 0.717) is 25.4 Å². The molecule has 0 radical (unpaired) electrons. The van der Waals surface area contributed by atoms with Crippen molar-refractivity contribution in [3.05, 3.63) is 57.6 Å². The van der Waals surface area contributed by atoms with E-state index >= 15 is 4.39 Å². The van der Waals surface area contributed by atoms with E-state index in [4.69, 9.17) is 4.74 Å². The Morgan fingerprint density at radius 2 is 1.94 bits per heavy atom. The van der Waals surface area contributed by atoms with E-state index in [0.717, 1.165) is 17.4 Å². The summed E-state index contributed by atoms with van der Waals surface area (Å²) in [5.74, 6) is -3.08. The summed E-state index contributed by atoms with van der Waals surface area (Å²) in [5, 5.41) is 0.346. The standard InChI is InChI=1S/C20H18BrF3N4O3S2/c1-27(2)10-25-20-26-18(19(21)32-20)13-5-4-6-15(17(13)24)28(11-31-3)33(29,30)16-9-12(22)7-8-14(16)23/h4-10H,11H2,1-3H3. The Morgan fingerprint density at radius 3 is 2.61 bits per heavy atom. The number of sulfonamides is 1. The summed E-state index contributed by atoms with van der Waals surface area (Å²) in [6, 6.07) is 6.02. The summed E-state index contributed by atoms with van der Waals surface area (Å²) >= 11 is 4.49. The second-order valence-electron chi connectivity index (χ2n) is 6.81. The lowest BCUT2D eigenvalue weighted by atomic mass is 10.1. The number of methoxy groups -OCH3 is 1. The SMILES string of the molecule is COCN(c1cccc(-c2nc(N=CN(C)C)sc2Br)c1F)S(=O)(=O)c1cc(F)ccc1F. The van der Waals surface area contributed by atoms with Gasteiger partial charge >= 0.3 is 0 Å². The normalized spacial score (nSPS) is 11.8. The van der Waals surface area contributed by atoms with Gasteiger partial charge < -0.3 is 9.64 Å². The first-order valence-corrected chi connectivity index (χ1v) is 12.2. The molecule has 0 bridgehead atoms. The number of thiazole rings is 1. The molecular weight excluding hydrogens is 545 g/mol. The summed E-state index contributed by atoms with van der Waals surface area (Å²) in [4.78, 5) is 9.24. The highest BCUT2D eigenvalue weighted by molar-refractivity contribution is 9.11. The van der Waals surface area contributed by atoms with Gasteiger partial charge in [0, 0.05) is 26.8 Å². The second kappa shape index (κ2) is 10.2. The predicted octanol–water partition coefficient (Wildman–Crippen LogP) is 5.01. The fraction of sp³-hybridized carbons (Fsp3) is 0.200. The molecule has 1 heterocycles. The number of aliphatic imine (C=N–C) groups is 1. The lowest BCUT2D eigenvalue weighted by molar-refractivity contribution is 0.209. The molecule has 0 aliphatic heterocycles. The molecule has 0 saturated carbocycles. The van der Waals surface area contributed by atoms with Crippen LogP contribution in [-0.4, -0.2) is 52.6 Å². The third-order valence-corrected chi connectivity index (χ3v) is 7.55. The first-order chi connectivity index (χ1) is 15.6. The van der Waals surface area contributed by atoms with Crippen LogP contribution in [0.1, 0.15) is 0 Å². The highest BCUT2D eigenvalue weighted by Gasteiger charge is 2.31. The summed E-state index contributed by atoms with van der Waals surface area (Å²) in [5.41, 5.74) is -0.230. The second-order valence-corrected chi connectivity index (χ2v) is 10.9. The molecule has 0 fully saturated rings. The Hall–Kier alpha value is -2.48. The zero-order valence-electron chi connectivity index (χ0n) is 17.6. The number of anilines is 1. The lowest BCUT2D eigenvalue weighted by Crippen LogP contribution is -2.34. The minimum atomic E-state index is -4.72. The van der Waals surface area contributed by atoms with Gasteiger partial charge in [-0.2, -0.15) is 0 Å². The van der Waals surface area contributed by atoms with Crippen LogP contribution in [-0.2, 0) is 14.8 Å². The predicted molar refractivity (Wildman–Crippen MR) is 125 cm³/mol. The van der Waals surface area contributed by atoms with Crippen molar-refractivity contribution in [2.75, 3.05) is 32.2 Å². The van der Waals surface area contributed by atoms with Gasteiger partial charge in [0.15, 0.2) is 5.82 Å². The third-order valence-electron chi connectivity index (χ3n) is 4.18. The minimum Gasteiger partial charge on any atom is -0.369 e. The van der Waals surface area contributed by atoms with Crippen LogP contribution in [0.3, 0.4) is 0 Å². The summed E-state index contributed by atoms with van der Waals surface area (Å²) < 4.78 is 75.8. The molecule has 1 aromatic heterocycles. The molecule has 7 nitrogen and oxygen atoms in total.